The molecular formula is C23H26N4O4S. The van der Waals surface area contributed by atoms with Crippen LogP contribution in [0, 0.1) is 5.92 Å². The van der Waals surface area contributed by atoms with Crippen molar-refractivity contribution in [1.82, 2.24) is 14.2 Å². The normalized spacial score (nSPS) is 30.2. The molecule has 4 heterocycles. The van der Waals surface area contributed by atoms with E-state index in [9.17, 15) is 13.2 Å². The predicted octanol–water partition coefficient (Wildman–Crippen LogP) is 2.09. The molecule has 1 unspecified atom stereocenters. The number of sulfonamides is 1. The molecule has 0 saturated carbocycles. The number of aromatic nitrogens is 1. The first kappa shape index (κ1) is 21.3. The number of nitrogens with zero attached hydrogens (tertiary/aromatic N) is 3. The van der Waals surface area contributed by atoms with Crippen LogP contribution < -0.4 is 5.73 Å². The summed E-state index contributed by atoms with van der Waals surface area (Å²) in [6.07, 6.45) is 5.35. The van der Waals surface area contributed by atoms with Gasteiger partial charge < -0.3 is 10.5 Å². The first-order valence-electron chi connectivity index (χ1n) is 10.8. The van der Waals surface area contributed by atoms with Crippen molar-refractivity contribution in [2.24, 2.45) is 11.7 Å². The van der Waals surface area contributed by atoms with Crippen molar-refractivity contribution in [3.63, 3.8) is 0 Å². The molecule has 3 aliphatic heterocycles. The van der Waals surface area contributed by atoms with Crippen molar-refractivity contribution in [3.05, 3.63) is 72.6 Å². The molecule has 0 aliphatic carbocycles. The quantitative estimate of drug-likeness (QED) is 0.670. The van der Waals surface area contributed by atoms with Gasteiger partial charge in [0.15, 0.2) is 0 Å². The van der Waals surface area contributed by atoms with Crippen LogP contribution in [0.25, 0.3) is 0 Å². The Morgan fingerprint density at radius 1 is 1.31 bits per heavy atom. The van der Waals surface area contributed by atoms with Gasteiger partial charge in [0.1, 0.15) is 12.0 Å². The van der Waals surface area contributed by atoms with Gasteiger partial charge in [-0.15, -0.1) is 6.58 Å². The SMILES string of the molecule is C=C[C@@H]1CN(Cc2ccccn2)C2O[C@]13CCC[C@@H]2N3S(=O)(=O)c1cccc(C(N)=O)c1. The van der Waals surface area contributed by atoms with Gasteiger partial charge in [-0.3, -0.25) is 14.7 Å². The van der Waals surface area contributed by atoms with Gasteiger partial charge in [-0.05, 0) is 49.6 Å². The van der Waals surface area contributed by atoms with Crippen molar-refractivity contribution >= 4 is 15.9 Å². The van der Waals surface area contributed by atoms with Crippen LogP contribution in [0.15, 0.2) is 66.2 Å². The minimum absolute atomic E-state index is 0.0512. The maximum absolute atomic E-state index is 13.9. The zero-order chi connectivity index (χ0) is 22.5. The molecule has 4 atom stereocenters. The summed E-state index contributed by atoms with van der Waals surface area (Å²) in [5.41, 5.74) is 5.48. The van der Waals surface area contributed by atoms with Gasteiger partial charge in [-0.1, -0.05) is 18.2 Å². The first-order chi connectivity index (χ1) is 15.4. The van der Waals surface area contributed by atoms with Crippen LogP contribution in [0.3, 0.4) is 0 Å². The number of benzene rings is 1. The van der Waals surface area contributed by atoms with Crippen LogP contribution >= 0.6 is 0 Å². The molecule has 9 heteroatoms. The molecule has 1 aromatic carbocycles. The Kier molecular flexibility index (Phi) is 5.16. The molecule has 1 spiro atoms. The maximum Gasteiger partial charge on any atom is 0.248 e. The lowest BCUT2D eigenvalue weighted by atomic mass is 9.87. The Morgan fingerprint density at radius 3 is 2.88 bits per heavy atom. The number of pyridine rings is 1. The van der Waals surface area contributed by atoms with Crippen LogP contribution in [-0.4, -0.2) is 53.1 Å². The van der Waals surface area contributed by atoms with Crippen molar-refractivity contribution in [2.75, 3.05) is 6.54 Å². The second-order valence-electron chi connectivity index (χ2n) is 8.60. The Morgan fingerprint density at radius 2 is 2.16 bits per heavy atom. The minimum atomic E-state index is -3.95. The van der Waals surface area contributed by atoms with Crippen LogP contribution in [0.4, 0.5) is 0 Å². The summed E-state index contributed by atoms with van der Waals surface area (Å²) in [5, 5.41) is 0. The Bertz CT molecular complexity index is 1160. The third-order valence-electron chi connectivity index (χ3n) is 6.78. The molecule has 5 rings (SSSR count). The second-order valence-corrected chi connectivity index (χ2v) is 10.4. The Labute approximate surface area is 187 Å². The second kappa shape index (κ2) is 7.77. The molecule has 168 valence electrons. The van der Waals surface area contributed by atoms with E-state index in [1.165, 1.54) is 18.2 Å². The summed E-state index contributed by atoms with van der Waals surface area (Å²) >= 11 is 0. The highest BCUT2D eigenvalue weighted by atomic mass is 32.2. The van der Waals surface area contributed by atoms with E-state index in [1.807, 2.05) is 18.2 Å². The Balaban J connectivity index is 1.56. The van der Waals surface area contributed by atoms with Gasteiger partial charge in [-0.25, -0.2) is 8.42 Å². The zero-order valence-electron chi connectivity index (χ0n) is 17.6. The average Bonchev–Trinajstić information content (AvgIpc) is 2.98. The first-order valence-corrected chi connectivity index (χ1v) is 12.2. The average molecular weight is 455 g/mol. The van der Waals surface area contributed by atoms with Gasteiger partial charge >= 0.3 is 0 Å². The molecule has 3 saturated heterocycles. The van der Waals surface area contributed by atoms with Crippen LogP contribution in [0.2, 0.25) is 0 Å². The molecular weight excluding hydrogens is 428 g/mol. The van der Waals surface area contributed by atoms with E-state index in [1.54, 1.807) is 22.6 Å². The van der Waals surface area contributed by atoms with Crippen LogP contribution in [-0.2, 0) is 21.3 Å². The van der Waals surface area contributed by atoms with E-state index in [2.05, 4.69) is 16.5 Å². The Hall–Kier alpha value is -2.59. The van der Waals surface area contributed by atoms with Gasteiger partial charge in [0, 0.05) is 30.8 Å². The maximum atomic E-state index is 13.9. The van der Waals surface area contributed by atoms with Gasteiger partial charge in [0.2, 0.25) is 15.9 Å². The third-order valence-corrected chi connectivity index (χ3v) is 8.73. The largest absolute Gasteiger partial charge is 0.366 e. The van der Waals surface area contributed by atoms with Crippen molar-refractivity contribution in [1.29, 1.82) is 0 Å². The number of nitrogens with two attached hydrogens (primary N) is 1. The predicted molar refractivity (Wildman–Crippen MR) is 118 cm³/mol. The van der Waals surface area contributed by atoms with Gasteiger partial charge in [0.05, 0.1) is 16.6 Å². The summed E-state index contributed by atoms with van der Waals surface area (Å²) in [6, 6.07) is 11.3. The number of carbonyl (C=O) groups excluding carboxylic acids is 1. The van der Waals surface area contributed by atoms with E-state index >= 15 is 0 Å². The smallest absolute Gasteiger partial charge is 0.248 e. The van der Waals surface area contributed by atoms with E-state index < -0.39 is 21.7 Å². The van der Waals surface area contributed by atoms with Crippen LogP contribution in [0.5, 0.6) is 0 Å². The molecule has 3 aliphatic rings. The number of amides is 1. The molecule has 0 radical (unpaired) electrons. The number of piperidine rings is 1. The fourth-order valence-corrected chi connectivity index (χ4v) is 7.40. The number of carbonyl (C=O) groups is 1. The highest BCUT2D eigenvalue weighted by molar-refractivity contribution is 7.89. The van der Waals surface area contributed by atoms with E-state index in [-0.39, 0.29) is 28.6 Å². The third kappa shape index (κ3) is 3.19. The monoisotopic (exact) mass is 454 g/mol. The number of primary amides is 1. The van der Waals surface area contributed by atoms with Crippen LogP contribution in [0.1, 0.15) is 35.3 Å². The summed E-state index contributed by atoms with van der Waals surface area (Å²) in [7, 11) is -3.95. The van der Waals surface area contributed by atoms with Gasteiger partial charge in [-0.2, -0.15) is 4.31 Å². The topological polar surface area (TPSA) is 106 Å². The van der Waals surface area contributed by atoms with E-state index in [0.717, 1.165) is 12.1 Å². The summed E-state index contributed by atoms with van der Waals surface area (Å²) in [6.45, 7) is 5.20. The number of fused-ring (bicyclic) bond motifs is 3. The molecule has 3 fully saturated rings. The summed E-state index contributed by atoms with van der Waals surface area (Å²) in [4.78, 5) is 18.3. The summed E-state index contributed by atoms with van der Waals surface area (Å²) in [5.74, 6) is -0.871. The molecule has 2 aromatic rings. The number of rotatable bonds is 6. The standard InChI is InChI=1S/C23H26N4O4S/c1-2-17-14-26(15-18-8-3-4-12-25-18)22-20-10-6-11-23(17,31-22)27(20)32(29,30)19-9-5-7-16(13-19)21(24)28/h2-5,7-9,12-13,17,20,22H,1,6,10-11,14-15H2,(H2,24,28)/t17-,20+,22?,23-/m1/s1. The van der Waals surface area contributed by atoms with Crippen molar-refractivity contribution in [3.8, 4) is 0 Å². The highest BCUT2D eigenvalue weighted by Gasteiger charge is 2.66. The number of ether oxygens (including phenoxy) is 1. The lowest BCUT2D eigenvalue weighted by Crippen LogP contribution is -2.58. The van der Waals surface area contributed by atoms with Crippen molar-refractivity contribution < 1.29 is 17.9 Å². The molecule has 3 bridgehead atoms. The molecule has 32 heavy (non-hydrogen) atoms. The highest BCUT2D eigenvalue weighted by Crippen LogP contribution is 2.54. The number of hydrogen-bond acceptors (Lipinski definition) is 6. The lowest BCUT2D eigenvalue weighted by molar-refractivity contribution is -0.193. The fourth-order valence-electron chi connectivity index (χ4n) is 5.40. The lowest BCUT2D eigenvalue weighted by Gasteiger charge is -2.47. The van der Waals surface area contributed by atoms with Gasteiger partial charge in [0.25, 0.3) is 0 Å². The fraction of sp³-hybridized carbons (Fsp3) is 0.391. The molecule has 2 N–H and O–H groups in total. The van der Waals surface area contributed by atoms with Crippen molar-refractivity contribution in [2.45, 2.75) is 48.7 Å². The van der Waals surface area contributed by atoms with E-state index in [0.29, 0.717) is 25.9 Å². The minimum Gasteiger partial charge on any atom is -0.366 e. The van der Waals surface area contributed by atoms with E-state index in [4.69, 9.17) is 10.5 Å². The zero-order valence-corrected chi connectivity index (χ0v) is 18.4. The molecule has 1 amide bonds. The molecule has 8 nitrogen and oxygen atoms in total. The summed E-state index contributed by atoms with van der Waals surface area (Å²) < 4.78 is 36.0. The molecule has 1 aromatic heterocycles. The number of hydrogen-bond donors (Lipinski definition) is 1.